The molecule has 2 aliphatic heterocycles. The molecule has 0 spiro atoms. The van der Waals surface area contributed by atoms with Crippen LogP contribution in [0.2, 0.25) is 0 Å². The summed E-state index contributed by atoms with van der Waals surface area (Å²) in [6.07, 6.45) is 1.89. The first-order valence-corrected chi connectivity index (χ1v) is 7.90. The quantitative estimate of drug-likeness (QED) is 0.800. The van der Waals surface area contributed by atoms with Gasteiger partial charge in [0.2, 0.25) is 5.91 Å². The number of nitrogens with two attached hydrogens (primary N) is 1. The summed E-state index contributed by atoms with van der Waals surface area (Å²) in [4.78, 5) is 16.7. The van der Waals surface area contributed by atoms with Crippen molar-refractivity contribution in [3.8, 4) is 0 Å². The van der Waals surface area contributed by atoms with Crippen LogP contribution in [0.4, 0.5) is 0 Å². The van der Waals surface area contributed by atoms with Gasteiger partial charge in [-0.2, -0.15) is 0 Å². The van der Waals surface area contributed by atoms with Crippen molar-refractivity contribution in [2.24, 2.45) is 17.6 Å². The molecule has 2 aliphatic rings. The molecule has 1 unspecified atom stereocenters. The second-order valence-corrected chi connectivity index (χ2v) is 6.59. The van der Waals surface area contributed by atoms with Gasteiger partial charge in [0.15, 0.2) is 0 Å². The second-order valence-electron chi connectivity index (χ2n) is 6.59. The molecule has 2 atom stereocenters. The highest BCUT2D eigenvalue weighted by atomic mass is 16.5. The summed E-state index contributed by atoms with van der Waals surface area (Å²) in [6.45, 7) is 10.8. The Bertz CT molecular complexity index is 316. The van der Waals surface area contributed by atoms with E-state index in [0.29, 0.717) is 11.8 Å². The molecule has 2 heterocycles. The van der Waals surface area contributed by atoms with Crippen molar-refractivity contribution in [2.75, 3.05) is 45.9 Å². The zero-order valence-corrected chi connectivity index (χ0v) is 12.9. The van der Waals surface area contributed by atoms with Crippen LogP contribution in [0.3, 0.4) is 0 Å². The molecule has 0 saturated carbocycles. The number of nitrogens with zero attached hydrogens (tertiary/aromatic N) is 2. The van der Waals surface area contributed by atoms with Gasteiger partial charge in [-0.15, -0.1) is 0 Å². The van der Waals surface area contributed by atoms with Crippen molar-refractivity contribution in [1.82, 2.24) is 9.80 Å². The van der Waals surface area contributed by atoms with Gasteiger partial charge in [0.25, 0.3) is 0 Å². The van der Waals surface area contributed by atoms with Gasteiger partial charge < -0.3 is 15.4 Å². The van der Waals surface area contributed by atoms with E-state index in [1.54, 1.807) is 0 Å². The number of hydrogen-bond donors (Lipinski definition) is 1. The highest BCUT2D eigenvalue weighted by Gasteiger charge is 2.30. The maximum absolute atomic E-state index is 12.3. The average Bonchev–Trinajstić information content (AvgIpc) is 2.86. The molecule has 5 nitrogen and oxygen atoms in total. The van der Waals surface area contributed by atoms with Crippen LogP contribution in [-0.4, -0.2) is 67.7 Å². The Kier molecular flexibility index (Phi) is 5.81. The fraction of sp³-hybridized carbons (Fsp3) is 0.933. The first-order valence-electron chi connectivity index (χ1n) is 7.90. The van der Waals surface area contributed by atoms with Crippen molar-refractivity contribution >= 4 is 5.91 Å². The Morgan fingerprint density at radius 2 is 2.00 bits per heavy atom. The summed E-state index contributed by atoms with van der Waals surface area (Å²) < 4.78 is 5.37. The summed E-state index contributed by atoms with van der Waals surface area (Å²) in [5.41, 5.74) is 6.01. The Hall–Kier alpha value is -0.650. The van der Waals surface area contributed by atoms with Crippen molar-refractivity contribution in [3.05, 3.63) is 0 Å². The van der Waals surface area contributed by atoms with Crippen LogP contribution >= 0.6 is 0 Å². The number of carbonyl (C=O) groups is 1. The third-order valence-electron chi connectivity index (χ3n) is 4.26. The summed E-state index contributed by atoms with van der Waals surface area (Å²) in [5.74, 6) is 1.21. The average molecular weight is 283 g/mol. The molecule has 20 heavy (non-hydrogen) atoms. The van der Waals surface area contributed by atoms with E-state index in [1.807, 2.05) is 4.90 Å². The van der Waals surface area contributed by atoms with E-state index in [2.05, 4.69) is 18.7 Å². The zero-order chi connectivity index (χ0) is 14.5. The molecule has 1 amide bonds. The highest BCUT2D eigenvalue weighted by molar-refractivity contribution is 5.81. The third-order valence-corrected chi connectivity index (χ3v) is 4.26. The topological polar surface area (TPSA) is 58.8 Å². The SMILES string of the molecule is CC(C)C[C@H](N)C(=O)N1CCC(CN2CCOCC2)C1. The number of amides is 1. The van der Waals surface area contributed by atoms with Gasteiger partial charge in [0.1, 0.15) is 0 Å². The van der Waals surface area contributed by atoms with Crippen LogP contribution in [0.5, 0.6) is 0 Å². The van der Waals surface area contributed by atoms with E-state index >= 15 is 0 Å². The van der Waals surface area contributed by atoms with E-state index in [0.717, 1.165) is 58.8 Å². The standard InChI is InChI=1S/C15H29N3O2/c1-12(2)9-14(16)15(19)18-4-3-13(11-18)10-17-5-7-20-8-6-17/h12-14H,3-11,16H2,1-2H3/t13?,14-/m0/s1. The van der Waals surface area contributed by atoms with Crippen molar-refractivity contribution in [1.29, 1.82) is 0 Å². The van der Waals surface area contributed by atoms with Gasteiger partial charge in [-0.25, -0.2) is 0 Å². The molecule has 0 aromatic carbocycles. The number of ether oxygens (including phenoxy) is 1. The number of likely N-dealkylation sites (tertiary alicyclic amines) is 1. The fourth-order valence-electron chi connectivity index (χ4n) is 3.17. The van der Waals surface area contributed by atoms with E-state index in [-0.39, 0.29) is 11.9 Å². The smallest absolute Gasteiger partial charge is 0.239 e. The van der Waals surface area contributed by atoms with E-state index < -0.39 is 0 Å². The number of morpholine rings is 1. The molecule has 0 radical (unpaired) electrons. The van der Waals surface area contributed by atoms with Crippen molar-refractivity contribution in [3.63, 3.8) is 0 Å². The summed E-state index contributed by atoms with van der Waals surface area (Å²) in [5, 5.41) is 0. The predicted molar refractivity (Wildman–Crippen MR) is 79.4 cm³/mol. The monoisotopic (exact) mass is 283 g/mol. The molecular weight excluding hydrogens is 254 g/mol. The maximum Gasteiger partial charge on any atom is 0.239 e. The fourth-order valence-corrected chi connectivity index (χ4v) is 3.17. The molecule has 2 fully saturated rings. The largest absolute Gasteiger partial charge is 0.379 e. The lowest BCUT2D eigenvalue weighted by Gasteiger charge is -2.29. The Labute approximate surface area is 122 Å². The number of hydrogen-bond acceptors (Lipinski definition) is 4. The molecule has 5 heteroatoms. The van der Waals surface area contributed by atoms with Crippen LogP contribution in [0.25, 0.3) is 0 Å². The predicted octanol–water partition coefficient (Wildman–Crippen LogP) is 0.541. The molecule has 2 saturated heterocycles. The van der Waals surface area contributed by atoms with E-state index in [4.69, 9.17) is 10.5 Å². The van der Waals surface area contributed by atoms with Crippen molar-refractivity contribution < 1.29 is 9.53 Å². The van der Waals surface area contributed by atoms with Gasteiger partial charge in [-0.1, -0.05) is 13.8 Å². The number of carbonyl (C=O) groups excluding carboxylic acids is 1. The summed E-state index contributed by atoms with van der Waals surface area (Å²) >= 11 is 0. The lowest BCUT2D eigenvalue weighted by Crippen LogP contribution is -2.44. The Morgan fingerprint density at radius 3 is 2.65 bits per heavy atom. The maximum atomic E-state index is 12.3. The van der Waals surface area contributed by atoms with Gasteiger partial charge in [0, 0.05) is 32.7 Å². The van der Waals surface area contributed by atoms with Crippen LogP contribution in [0.1, 0.15) is 26.7 Å². The second kappa shape index (κ2) is 7.38. The lowest BCUT2D eigenvalue weighted by molar-refractivity contribution is -0.132. The molecule has 0 aliphatic carbocycles. The van der Waals surface area contributed by atoms with Gasteiger partial charge >= 0.3 is 0 Å². The van der Waals surface area contributed by atoms with E-state index in [1.165, 1.54) is 0 Å². The van der Waals surface area contributed by atoms with Crippen LogP contribution in [0.15, 0.2) is 0 Å². The summed E-state index contributed by atoms with van der Waals surface area (Å²) in [7, 11) is 0. The lowest BCUT2D eigenvalue weighted by atomic mass is 10.0. The summed E-state index contributed by atoms with van der Waals surface area (Å²) in [6, 6.07) is -0.322. The minimum absolute atomic E-state index is 0.142. The van der Waals surface area contributed by atoms with Crippen LogP contribution in [-0.2, 0) is 9.53 Å². The molecule has 2 rings (SSSR count). The van der Waals surface area contributed by atoms with Gasteiger partial charge in [-0.05, 0) is 24.7 Å². The highest BCUT2D eigenvalue weighted by Crippen LogP contribution is 2.19. The molecule has 0 aromatic rings. The molecule has 0 bridgehead atoms. The Morgan fingerprint density at radius 1 is 1.30 bits per heavy atom. The first kappa shape index (κ1) is 15.7. The minimum atomic E-state index is -0.322. The van der Waals surface area contributed by atoms with Crippen LogP contribution in [0, 0.1) is 11.8 Å². The van der Waals surface area contributed by atoms with Crippen molar-refractivity contribution in [2.45, 2.75) is 32.7 Å². The third kappa shape index (κ3) is 4.43. The van der Waals surface area contributed by atoms with E-state index in [9.17, 15) is 4.79 Å². The van der Waals surface area contributed by atoms with Gasteiger partial charge in [-0.3, -0.25) is 9.69 Å². The minimum Gasteiger partial charge on any atom is -0.379 e. The number of rotatable bonds is 5. The molecule has 116 valence electrons. The van der Waals surface area contributed by atoms with Gasteiger partial charge in [0.05, 0.1) is 19.3 Å². The zero-order valence-electron chi connectivity index (χ0n) is 12.9. The first-order chi connectivity index (χ1) is 9.56. The Balaban J connectivity index is 1.75. The normalized spacial score (nSPS) is 26.2. The molecule has 0 aromatic heterocycles. The molecular formula is C15H29N3O2. The molecule has 2 N–H and O–H groups in total. The van der Waals surface area contributed by atoms with Crippen LogP contribution < -0.4 is 5.73 Å².